The smallest absolute Gasteiger partial charge is 0.306 e. The molecule has 0 radical (unpaired) electrons. The maximum absolute atomic E-state index is 11.6. The van der Waals surface area contributed by atoms with Gasteiger partial charge in [-0.15, -0.1) is 0 Å². The Morgan fingerprint density at radius 2 is 1.94 bits per heavy atom. The largest absolute Gasteiger partial charge is 0.459 e. The van der Waals surface area contributed by atoms with Crippen LogP contribution in [-0.4, -0.2) is 24.8 Å². The van der Waals surface area contributed by atoms with Gasteiger partial charge in [-0.2, -0.15) is 0 Å². The average molecular weight is 242 g/mol. The van der Waals surface area contributed by atoms with Crippen molar-refractivity contribution in [1.82, 2.24) is 0 Å². The molecule has 2 unspecified atom stereocenters. The first kappa shape index (κ1) is 14.5. The Hall–Kier alpha value is -0.570. The van der Waals surface area contributed by atoms with E-state index in [1.54, 1.807) is 7.11 Å². The monoisotopic (exact) mass is 242 g/mol. The van der Waals surface area contributed by atoms with Crippen molar-refractivity contribution in [2.24, 2.45) is 5.92 Å². The molecule has 3 nitrogen and oxygen atoms in total. The molecule has 0 aliphatic heterocycles. The molecule has 0 aromatic carbocycles. The number of hydrogen-bond donors (Lipinski definition) is 0. The van der Waals surface area contributed by atoms with Gasteiger partial charge in [0.2, 0.25) is 0 Å². The van der Waals surface area contributed by atoms with Crippen molar-refractivity contribution in [2.45, 2.75) is 71.0 Å². The predicted molar refractivity (Wildman–Crippen MR) is 67.8 cm³/mol. The molecular formula is C14H26O3. The van der Waals surface area contributed by atoms with E-state index in [0.717, 1.165) is 19.3 Å². The van der Waals surface area contributed by atoms with Crippen LogP contribution in [0.5, 0.6) is 0 Å². The van der Waals surface area contributed by atoms with Crippen LogP contribution in [0.4, 0.5) is 0 Å². The lowest BCUT2D eigenvalue weighted by atomic mass is 9.76. The van der Waals surface area contributed by atoms with Crippen LogP contribution in [0.1, 0.15) is 59.3 Å². The summed E-state index contributed by atoms with van der Waals surface area (Å²) in [6, 6.07) is 0. The van der Waals surface area contributed by atoms with E-state index in [9.17, 15) is 4.79 Å². The number of carbonyl (C=O) groups excluding carboxylic acids is 1. The average Bonchev–Trinajstić information content (AvgIpc) is 2.28. The first-order valence-corrected chi connectivity index (χ1v) is 6.76. The van der Waals surface area contributed by atoms with Gasteiger partial charge in [-0.1, -0.05) is 19.8 Å². The molecule has 1 fully saturated rings. The van der Waals surface area contributed by atoms with E-state index in [-0.39, 0.29) is 12.1 Å². The lowest BCUT2D eigenvalue weighted by Crippen LogP contribution is -2.45. The Morgan fingerprint density at radius 1 is 1.29 bits per heavy atom. The second-order valence-corrected chi connectivity index (χ2v) is 5.49. The summed E-state index contributed by atoms with van der Waals surface area (Å²) in [6.45, 7) is 6.03. The molecule has 1 aliphatic carbocycles. The summed E-state index contributed by atoms with van der Waals surface area (Å²) >= 11 is 0. The molecule has 0 N–H and O–H groups in total. The van der Waals surface area contributed by atoms with Gasteiger partial charge in [0.1, 0.15) is 5.60 Å². The maximum atomic E-state index is 11.6. The summed E-state index contributed by atoms with van der Waals surface area (Å²) < 4.78 is 11.2. The van der Waals surface area contributed by atoms with Gasteiger partial charge in [0.05, 0.1) is 6.10 Å². The van der Waals surface area contributed by atoms with Crippen molar-refractivity contribution in [3.63, 3.8) is 0 Å². The van der Waals surface area contributed by atoms with Crippen LogP contribution in [0.25, 0.3) is 0 Å². The predicted octanol–water partition coefficient (Wildman–Crippen LogP) is 3.31. The lowest BCUT2D eigenvalue weighted by molar-refractivity contribution is -0.170. The summed E-state index contributed by atoms with van der Waals surface area (Å²) in [4.78, 5) is 11.6. The molecule has 0 saturated heterocycles. The molecule has 1 rings (SSSR count). The third kappa shape index (κ3) is 3.98. The number of methoxy groups -OCH3 is 1. The van der Waals surface area contributed by atoms with Gasteiger partial charge < -0.3 is 9.47 Å². The SMILES string of the molecule is CCCC(=O)OC(C)(C)C1CCCCC1OC. The minimum Gasteiger partial charge on any atom is -0.459 e. The molecule has 3 heteroatoms. The molecule has 1 aliphatic rings. The van der Waals surface area contributed by atoms with Crippen molar-refractivity contribution in [1.29, 1.82) is 0 Å². The normalized spacial score (nSPS) is 25.6. The molecular weight excluding hydrogens is 216 g/mol. The zero-order valence-corrected chi connectivity index (χ0v) is 11.6. The highest BCUT2D eigenvalue weighted by Gasteiger charge is 2.40. The van der Waals surface area contributed by atoms with E-state index in [4.69, 9.17) is 9.47 Å². The van der Waals surface area contributed by atoms with Crippen molar-refractivity contribution in [2.75, 3.05) is 7.11 Å². The van der Waals surface area contributed by atoms with E-state index < -0.39 is 5.60 Å². The van der Waals surface area contributed by atoms with Gasteiger partial charge in [0, 0.05) is 19.4 Å². The van der Waals surface area contributed by atoms with E-state index in [1.807, 2.05) is 20.8 Å². The Morgan fingerprint density at radius 3 is 2.53 bits per heavy atom. The molecule has 0 aromatic heterocycles. The van der Waals surface area contributed by atoms with Crippen molar-refractivity contribution >= 4 is 5.97 Å². The Labute approximate surface area is 105 Å². The lowest BCUT2D eigenvalue weighted by Gasteiger charge is -2.41. The number of ether oxygens (including phenoxy) is 2. The molecule has 100 valence electrons. The highest BCUT2D eigenvalue weighted by Crippen LogP contribution is 2.36. The molecule has 0 bridgehead atoms. The van der Waals surface area contributed by atoms with Gasteiger partial charge in [-0.05, 0) is 33.1 Å². The van der Waals surface area contributed by atoms with Gasteiger partial charge in [-0.25, -0.2) is 0 Å². The summed E-state index contributed by atoms with van der Waals surface area (Å²) in [5.74, 6) is 0.236. The van der Waals surface area contributed by atoms with Crippen LogP contribution in [0.2, 0.25) is 0 Å². The quantitative estimate of drug-likeness (QED) is 0.694. The number of esters is 1. The highest BCUT2D eigenvalue weighted by molar-refractivity contribution is 5.69. The summed E-state index contributed by atoms with van der Waals surface area (Å²) in [7, 11) is 1.76. The van der Waals surface area contributed by atoms with Crippen molar-refractivity contribution < 1.29 is 14.3 Å². The van der Waals surface area contributed by atoms with E-state index in [1.165, 1.54) is 12.8 Å². The topological polar surface area (TPSA) is 35.5 Å². The number of rotatable bonds is 5. The molecule has 0 spiro atoms. The van der Waals surface area contributed by atoms with Crippen LogP contribution in [0.15, 0.2) is 0 Å². The number of hydrogen-bond acceptors (Lipinski definition) is 3. The van der Waals surface area contributed by atoms with Crippen LogP contribution in [0, 0.1) is 5.92 Å². The first-order valence-electron chi connectivity index (χ1n) is 6.76. The fraction of sp³-hybridized carbons (Fsp3) is 0.929. The van der Waals surface area contributed by atoms with Crippen LogP contribution < -0.4 is 0 Å². The first-order chi connectivity index (χ1) is 8.01. The Kier molecular flexibility index (Phi) is 5.44. The molecule has 0 aromatic rings. The van der Waals surface area contributed by atoms with E-state index >= 15 is 0 Å². The summed E-state index contributed by atoms with van der Waals surface area (Å²) in [5, 5.41) is 0. The van der Waals surface area contributed by atoms with Gasteiger partial charge >= 0.3 is 5.97 Å². The molecule has 17 heavy (non-hydrogen) atoms. The van der Waals surface area contributed by atoms with Crippen LogP contribution in [0.3, 0.4) is 0 Å². The van der Waals surface area contributed by atoms with Gasteiger partial charge in [0.15, 0.2) is 0 Å². The molecule has 1 saturated carbocycles. The Bertz CT molecular complexity index is 248. The summed E-state index contributed by atoms with van der Waals surface area (Å²) in [5.41, 5.74) is -0.409. The van der Waals surface area contributed by atoms with Gasteiger partial charge in [0.25, 0.3) is 0 Å². The molecule has 0 amide bonds. The van der Waals surface area contributed by atoms with Crippen molar-refractivity contribution in [3.05, 3.63) is 0 Å². The van der Waals surface area contributed by atoms with Crippen LogP contribution in [-0.2, 0) is 14.3 Å². The number of carbonyl (C=O) groups is 1. The minimum absolute atomic E-state index is 0.0853. The molecule has 2 atom stereocenters. The fourth-order valence-corrected chi connectivity index (χ4v) is 2.80. The third-order valence-electron chi connectivity index (χ3n) is 3.73. The zero-order valence-electron chi connectivity index (χ0n) is 11.6. The standard InChI is InChI=1S/C14H26O3/c1-5-8-13(15)17-14(2,3)11-9-6-7-10-12(11)16-4/h11-12H,5-10H2,1-4H3. The second-order valence-electron chi connectivity index (χ2n) is 5.49. The van der Waals surface area contributed by atoms with E-state index in [2.05, 4.69) is 0 Å². The summed E-state index contributed by atoms with van der Waals surface area (Å²) in [6.07, 6.45) is 6.17. The van der Waals surface area contributed by atoms with E-state index in [0.29, 0.717) is 12.3 Å². The van der Waals surface area contributed by atoms with Crippen molar-refractivity contribution in [3.8, 4) is 0 Å². The van der Waals surface area contributed by atoms with Crippen LogP contribution >= 0.6 is 0 Å². The minimum atomic E-state index is -0.409. The second kappa shape index (κ2) is 6.39. The highest BCUT2D eigenvalue weighted by atomic mass is 16.6. The Balaban J connectivity index is 2.62. The maximum Gasteiger partial charge on any atom is 0.306 e. The zero-order chi connectivity index (χ0) is 12.9. The fourth-order valence-electron chi connectivity index (χ4n) is 2.80. The van der Waals surface area contributed by atoms with Gasteiger partial charge in [-0.3, -0.25) is 4.79 Å². The molecule has 0 heterocycles. The third-order valence-corrected chi connectivity index (χ3v) is 3.73.